The van der Waals surface area contributed by atoms with Gasteiger partial charge < -0.3 is 9.47 Å². The van der Waals surface area contributed by atoms with Crippen LogP contribution < -0.4 is 9.47 Å². The summed E-state index contributed by atoms with van der Waals surface area (Å²) in [6.07, 6.45) is 0. The van der Waals surface area contributed by atoms with E-state index in [4.69, 9.17) is 9.47 Å². The van der Waals surface area contributed by atoms with Crippen molar-refractivity contribution in [2.24, 2.45) is 0 Å². The van der Waals surface area contributed by atoms with Gasteiger partial charge in [0.15, 0.2) is 8.02 Å². The van der Waals surface area contributed by atoms with Crippen LogP contribution in [-0.2, 0) is 0 Å². The summed E-state index contributed by atoms with van der Waals surface area (Å²) in [4.78, 5) is 0. The van der Waals surface area contributed by atoms with Crippen LogP contribution in [0.3, 0.4) is 0 Å². The van der Waals surface area contributed by atoms with Gasteiger partial charge in [-0.3, -0.25) is 0 Å². The van der Waals surface area contributed by atoms with E-state index in [1.165, 1.54) is 11.3 Å². The fourth-order valence-electron chi connectivity index (χ4n) is 1.30. The number of aromatic nitrogens is 2. The smallest absolute Gasteiger partial charge is 0.178 e. The quantitative estimate of drug-likeness (QED) is 0.801. The van der Waals surface area contributed by atoms with E-state index in [0.717, 1.165) is 25.1 Å². The number of methoxy groups -OCH3 is 2. The highest BCUT2D eigenvalue weighted by Crippen LogP contribution is 2.35. The largest absolute Gasteiger partial charge is 0.497 e. The SMILES string of the molecule is COc1ccc(OC)c(-c2nnc(I)s2)c1. The number of hydrogen-bond donors (Lipinski definition) is 0. The molecule has 16 heavy (non-hydrogen) atoms. The molecule has 2 aromatic rings. The van der Waals surface area contributed by atoms with Gasteiger partial charge in [0.25, 0.3) is 0 Å². The average molecular weight is 348 g/mol. The van der Waals surface area contributed by atoms with Gasteiger partial charge in [-0.2, -0.15) is 0 Å². The Morgan fingerprint density at radius 1 is 1.19 bits per heavy atom. The maximum Gasteiger partial charge on any atom is 0.178 e. The maximum absolute atomic E-state index is 5.29. The first-order valence-electron chi connectivity index (χ1n) is 4.46. The van der Waals surface area contributed by atoms with Gasteiger partial charge in [-0.25, -0.2) is 0 Å². The Bertz CT molecular complexity index is 501. The van der Waals surface area contributed by atoms with E-state index in [0.29, 0.717) is 0 Å². The van der Waals surface area contributed by atoms with Gasteiger partial charge in [0, 0.05) is 0 Å². The van der Waals surface area contributed by atoms with Crippen LogP contribution in [0.2, 0.25) is 0 Å². The van der Waals surface area contributed by atoms with Gasteiger partial charge in [0.05, 0.1) is 19.8 Å². The zero-order chi connectivity index (χ0) is 11.5. The molecule has 0 fully saturated rings. The van der Waals surface area contributed by atoms with Gasteiger partial charge in [0.1, 0.15) is 11.5 Å². The molecule has 0 amide bonds. The van der Waals surface area contributed by atoms with E-state index in [-0.39, 0.29) is 0 Å². The number of rotatable bonds is 3. The van der Waals surface area contributed by atoms with Crippen LogP contribution in [0.5, 0.6) is 11.5 Å². The second-order valence-corrected chi connectivity index (χ2v) is 5.66. The van der Waals surface area contributed by atoms with Crippen molar-refractivity contribution >= 4 is 33.9 Å². The molecular formula is C10H9IN2O2S. The number of halogens is 1. The predicted molar refractivity (Wildman–Crippen MR) is 71.2 cm³/mol. The molecule has 0 bridgehead atoms. The van der Waals surface area contributed by atoms with Crippen LogP contribution in [0.15, 0.2) is 18.2 Å². The van der Waals surface area contributed by atoms with Gasteiger partial charge in [-0.05, 0) is 40.8 Å². The van der Waals surface area contributed by atoms with E-state index in [1.54, 1.807) is 14.2 Å². The Kier molecular flexibility index (Phi) is 3.59. The molecule has 2 rings (SSSR count). The summed E-state index contributed by atoms with van der Waals surface area (Å²) in [5, 5.41) is 8.91. The van der Waals surface area contributed by atoms with Gasteiger partial charge in [0.2, 0.25) is 0 Å². The molecule has 0 aliphatic carbocycles. The highest BCUT2D eigenvalue weighted by atomic mass is 127. The van der Waals surface area contributed by atoms with Gasteiger partial charge >= 0.3 is 0 Å². The standard InChI is InChI=1S/C10H9IN2O2S/c1-14-6-3-4-8(15-2)7(5-6)9-12-13-10(11)16-9/h3-5H,1-2H3. The Balaban J connectivity index is 2.52. The Morgan fingerprint density at radius 2 is 2.00 bits per heavy atom. The van der Waals surface area contributed by atoms with Crippen molar-refractivity contribution in [2.75, 3.05) is 14.2 Å². The van der Waals surface area contributed by atoms with Crippen LogP contribution in [0.4, 0.5) is 0 Å². The lowest BCUT2D eigenvalue weighted by Crippen LogP contribution is -1.90. The third-order valence-electron chi connectivity index (χ3n) is 2.04. The summed E-state index contributed by atoms with van der Waals surface area (Å²) in [5.41, 5.74) is 0.905. The molecule has 1 aromatic carbocycles. The van der Waals surface area contributed by atoms with Crippen molar-refractivity contribution in [1.29, 1.82) is 0 Å². The Morgan fingerprint density at radius 3 is 2.56 bits per heavy atom. The van der Waals surface area contributed by atoms with Crippen molar-refractivity contribution in [1.82, 2.24) is 10.2 Å². The second kappa shape index (κ2) is 4.96. The molecule has 0 aliphatic rings. The maximum atomic E-state index is 5.29. The number of ether oxygens (including phenoxy) is 2. The highest BCUT2D eigenvalue weighted by molar-refractivity contribution is 14.1. The third kappa shape index (κ3) is 2.27. The van der Waals surface area contributed by atoms with Crippen LogP contribution >= 0.6 is 33.9 Å². The van der Waals surface area contributed by atoms with Crippen LogP contribution in [0.25, 0.3) is 10.6 Å². The van der Waals surface area contributed by atoms with E-state index in [9.17, 15) is 0 Å². The second-order valence-electron chi connectivity index (χ2n) is 2.93. The first kappa shape index (κ1) is 11.6. The summed E-state index contributed by atoms with van der Waals surface area (Å²) in [7, 11) is 3.27. The summed E-state index contributed by atoms with van der Waals surface area (Å²) < 4.78 is 11.4. The molecule has 84 valence electrons. The van der Waals surface area contributed by atoms with Crippen LogP contribution in [0.1, 0.15) is 0 Å². The highest BCUT2D eigenvalue weighted by Gasteiger charge is 2.11. The summed E-state index contributed by atoms with van der Waals surface area (Å²) in [5.74, 6) is 1.55. The zero-order valence-corrected chi connectivity index (χ0v) is 11.7. The van der Waals surface area contributed by atoms with E-state index in [2.05, 4.69) is 32.8 Å². The van der Waals surface area contributed by atoms with Crippen molar-refractivity contribution < 1.29 is 9.47 Å². The minimum Gasteiger partial charge on any atom is -0.497 e. The monoisotopic (exact) mass is 348 g/mol. The third-order valence-corrected chi connectivity index (χ3v) is 3.66. The summed E-state index contributed by atoms with van der Waals surface area (Å²) >= 11 is 3.66. The van der Waals surface area contributed by atoms with Crippen molar-refractivity contribution in [3.05, 3.63) is 21.2 Å². The number of hydrogen-bond acceptors (Lipinski definition) is 5. The van der Waals surface area contributed by atoms with Gasteiger partial charge in [-0.1, -0.05) is 11.3 Å². The Hall–Kier alpha value is -0.890. The lowest BCUT2D eigenvalue weighted by atomic mass is 10.2. The van der Waals surface area contributed by atoms with Gasteiger partial charge in [-0.15, -0.1) is 10.2 Å². The molecule has 0 unspecified atom stereocenters. The molecule has 6 heteroatoms. The van der Waals surface area contributed by atoms with Crippen molar-refractivity contribution in [2.45, 2.75) is 0 Å². The summed E-state index contributed by atoms with van der Waals surface area (Å²) in [6.45, 7) is 0. The van der Waals surface area contributed by atoms with Crippen molar-refractivity contribution in [3.63, 3.8) is 0 Å². The molecule has 0 saturated heterocycles. The van der Waals surface area contributed by atoms with E-state index >= 15 is 0 Å². The fraction of sp³-hybridized carbons (Fsp3) is 0.200. The lowest BCUT2D eigenvalue weighted by Gasteiger charge is -2.07. The topological polar surface area (TPSA) is 44.2 Å². The predicted octanol–water partition coefficient (Wildman–Crippen LogP) is 2.83. The zero-order valence-electron chi connectivity index (χ0n) is 8.73. The molecule has 4 nitrogen and oxygen atoms in total. The van der Waals surface area contributed by atoms with E-state index in [1.807, 2.05) is 18.2 Å². The minimum atomic E-state index is 0.772. The van der Waals surface area contributed by atoms with Crippen LogP contribution in [-0.4, -0.2) is 24.4 Å². The molecular weight excluding hydrogens is 339 g/mol. The van der Waals surface area contributed by atoms with E-state index < -0.39 is 0 Å². The molecule has 0 N–H and O–H groups in total. The molecule has 0 aliphatic heterocycles. The first-order chi connectivity index (χ1) is 7.74. The Labute approximate surface area is 111 Å². The molecule has 1 aromatic heterocycles. The van der Waals surface area contributed by atoms with Crippen molar-refractivity contribution in [3.8, 4) is 22.1 Å². The molecule has 0 spiro atoms. The normalized spacial score (nSPS) is 10.2. The number of nitrogens with zero attached hydrogens (tertiary/aromatic N) is 2. The molecule has 1 heterocycles. The number of benzene rings is 1. The van der Waals surface area contributed by atoms with Crippen LogP contribution in [0, 0.1) is 3.01 Å². The fourth-order valence-corrected chi connectivity index (χ4v) is 2.62. The molecule has 0 saturated carbocycles. The molecule has 0 atom stereocenters. The first-order valence-corrected chi connectivity index (χ1v) is 6.35. The minimum absolute atomic E-state index is 0.772. The lowest BCUT2D eigenvalue weighted by molar-refractivity contribution is 0.404. The average Bonchev–Trinajstić information content (AvgIpc) is 2.75. The summed E-state index contributed by atoms with van der Waals surface area (Å²) in [6, 6.07) is 5.62. The molecule has 0 radical (unpaired) electrons.